The molecule has 0 aromatic heterocycles. The van der Waals surface area contributed by atoms with Crippen LogP contribution in [0.4, 0.5) is 0 Å². The van der Waals surface area contributed by atoms with Gasteiger partial charge >= 0.3 is 0 Å². The Labute approximate surface area is 80.8 Å². The molecule has 13 heavy (non-hydrogen) atoms. The molecule has 65 valence electrons. The second-order valence-electron chi connectivity index (χ2n) is 4.26. The molecule has 1 aliphatic carbocycles. The maximum absolute atomic E-state index is 2.39. The van der Waals surface area contributed by atoms with E-state index >= 15 is 0 Å². The predicted molar refractivity (Wildman–Crippen MR) is 58.3 cm³/mol. The molecule has 1 heterocycles. The zero-order valence-electron chi connectivity index (χ0n) is 7.75. The van der Waals surface area contributed by atoms with Gasteiger partial charge in [0.25, 0.3) is 0 Å². The first kappa shape index (κ1) is 7.76. The largest absolute Gasteiger partial charge is 0.0616 e. The van der Waals surface area contributed by atoms with Crippen molar-refractivity contribution in [1.29, 1.82) is 0 Å². The summed E-state index contributed by atoms with van der Waals surface area (Å²) in [6, 6.07) is 8.73. The van der Waals surface area contributed by atoms with E-state index in [1.165, 1.54) is 32.3 Å². The molecule has 0 amide bonds. The van der Waals surface area contributed by atoms with Crippen LogP contribution in [-0.4, -0.2) is 0 Å². The lowest BCUT2D eigenvalue weighted by atomic mass is 10.1. The van der Waals surface area contributed by atoms with E-state index in [9.17, 15) is 0 Å². The Morgan fingerprint density at radius 1 is 1.23 bits per heavy atom. The predicted octanol–water partition coefficient (Wildman–Crippen LogP) is 3.41. The first-order chi connectivity index (χ1) is 6.28. The van der Waals surface area contributed by atoms with Gasteiger partial charge in [-0.2, -0.15) is 0 Å². The summed E-state index contributed by atoms with van der Waals surface area (Å²) in [5.74, 6) is 0. The topological polar surface area (TPSA) is 0 Å². The molecular formula is C12H12P. The van der Waals surface area contributed by atoms with Gasteiger partial charge in [0.1, 0.15) is 0 Å². The molecule has 1 radical (unpaired) electrons. The third-order valence-corrected chi connectivity index (χ3v) is 4.65. The van der Waals surface area contributed by atoms with E-state index in [1.54, 1.807) is 5.31 Å². The van der Waals surface area contributed by atoms with E-state index in [-0.39, 0.29) is 0 Å². The fraction of sp³-hybridized carbons (Fsp3) is 0.333. The zero-order valence-corrected chi connectivity index (χ0v) is 8.64. The lowest BCUT2D eigenvalue weighted by Crippen LogP contribution is -1.95. The normalized spacial score (nSPS) is 24.2. The summed E-state index contributed by atoms with van der Waals surface area (Å²) in [7, 11) is 1.46. The van der Waals surface area contributed by atoms with Crippen LogP contribution >= 0.6 is 8.58 Å². The Kier molecular flexibility index (Phi) is 1.46. The van der Waals surface area contributed by atoms with Gasteiger partial charge in [0.15, 0.2) is 0 Å². The first-order valence-corrected chi connectivity index (χ1v) is 5.70. The highest BCUT2D eigenvalue weighted by atomic mass is 31.1. The Bertz CT molecular complexity index is 386. The molecule has 0 unspecified atom stereocenters. The molecule has 1 aromatic rings. The SMILES string of the molecule is CC1(C2=Cc3ccccc3[P]2)CC1. The van der Waals surface area contributed by atoms with Gasteiger partial charge in [-0.05, 0) is 49.1 Å². The second kappa shape index (κ2) is 2.45. The lowest BCUT2D eigenvalue weighted by molar-refractivity contribution is 0.738. The van der Waals surface area contributed by atoms with Crippen molar-refractivity contribution in [2.45, 2.75) is 19.8 Å². The quantitative estimate of drug-likeness (QED) is 0.591. The van der Waals surface area contributed by atoms with Crippen LogP contribution in [0.15, 0.2) is 29.6 Å². The summed E-state index contributed by atoms with van der Waals surface area (Å²) in [5.41, 5.74) is 1.99. The third-order valence-electron chi connectivity index (χ3n) is 3.09. The molecule has 0 spiro atoms. The lowest BCUT2D eigenvalue weighted by Gasteiger charge is -2.07. The van der Waals surface area contributed by atoms with Crippen LogP contribution in [0, 0.1) is 5.41 Å². The average Bonchev–Trinajstić information content (AvgIpc) is 2.76. The number of hydrogen-bond donors (Lipinski definition) is 0. The highest BCUT2D eigenvalue weighted by molar-refractivity contribution is 7.53. The minimum Gasteiger partial charge on any atom is -0.0616 e. The van der Waals surface area contributed by atoms with Crippen LogP contribution in [-0.2, 0) is 0 Å². The van der Waals surface area contributed by atoms with Crippen LogP contribution in [0.25, 0.3) is 6.08 Å². The number of rotatable bonds is 1. The fourth-order valence-electron chi connectivity index (χ4n) is 1.77. The van der Waals surface area contributed by atoms with Gasteiger partial charge in [0.05, 0.1) is 0 Å². The van der Waals surface area contributed by atoms with Crippen molar-refractivity contribution in [3.8, 4) is 0 Å². The zero-order chi connectivity index (χ0) is 8.89. The van der Waals surface area contributed by atoms with Gasteiger partial charge in [-0.25, -0.2) is 0 Å². The van der Waals surface area contributed by atoms with Gasteiger partial charge in [0, 0.05) is 0 Å². The van der Waals surface area contributed by atoms with Crippen LogP contribution in [0.2, 0.25) is 0 Å². The Morgan fingerprint density at radius 3 is 2.69 bits per heavy atom. The van der Waals surface area contributed by atoms with E-state index in [4.69, 9.17) is 0 Å². The van der Waals surface area contributed by atoms with Crippen molar-refractivity contribution < 1.29 is 0 Å². The third kappa shape index (κ3) is 1.16. The van der Waals surface area contributed by atoms with Gasteiger partial charge in [0.2, 0.25) is 0 Å². The van der Waals surface area contributed by atoms with Gasteiger partial charge in [-0.1, -0.05) is 31.2 Å². The number of fused-ring (bicyclic) bond motifs is 1. The number of allylic oxidation sites excluding steroid dienone is 1. The smallest absolute Gasteiger partial charge is 0.00633 e. The molecule has 0 bridgehead atoms. The van der Waals surface area contributed by atoms with Crippen LogP contribution in [0.5, 0.6) is 0 Å². The maximum atomic E-state index is 2.39. The molecule has 0 saturated heterocycles. The Morgan fingerprint density at radius 2 is 2.00 bits per heavy atom. The average molecular weight is 187 g/mol. The minimum absolute atomic E-state index is 0.556. The Balaban J connectivity index is 2.00. The van der Waals surface area contributed by atoms with Crippen molar-refractivity contribution in [3.63, 3.8) is 0 Å². The van der Waals surface area contributed by atoms with Crippen molar-refractivity contribution in [2.24, 2.45) is 5.41 Å². The molecule has 1 saturated carbocycles. The second-order valence-corrected chi connectivity index (χ2v) is 5.45. The monoisotopic (exact) mass is 187 g/mol. The summed E-state index contributed by atoms with van der Waals surface area (Å²) >= 11 is 0. The maximum Gasteiger partial charge on any atom is -0.00633 e. The number of hydrogen-bond acceptors (Lipinski definition) is 0. The van der Waals surface area contributed by atoms with E-state index < -0.39 is 0 Å². The molecule has 0 N–H and O–H groups in total. The molecule has 1 heteroatoms. The summed E-state index contributed by atoms with van der Waals surface area (Å²) in [6.45, 7) is 2.39. The molecule has 0 atom stereocenters. The van der Waals surface area contributed by atoms with E-state index in [2.05, 4.69) is 37.3 Å². The van der Waals surface area contributed by atoms with Gasteiger partial charge in [-0.15, -0.1) is 0 Å². The minimum atomic E-state index is 0.556. The summed E-state index contributed by atoms with van der Waals surface area (Å²) in [6.07, 6.45) is 5.17. The summed E-state index contributed by atoms with van der Waals surface area (Å²) < 4.78 is 0. The van der Waals surface area contributed by atoms with Crippen LogP contribution in [0.1, 0.15) is 25.3 Å². The highest BCUT2D eigenvalue weighted by Gasteiger charge is 2.42. The van der Waals surface area contributed by atoms with E-state index in [0.29, 0.717) is 5.41 Å². The summed E-state index contributed by atoms with van der Waals surface area (Å²) in [5, 5.41) is 3.12. The van der Waals surface area contributed by atoms with Crippen LogP contribution < -0.4 is 5.30 Å². The van der Waals surface area contributed by atoms with Crippen molar-refractivity contribution >= 4 is 20.0 Å². The van der Waals surface area contributed by atoms with E-state index in [0.717, 1.165) is 0 Å². The molecular weight excluding hydrogens is 175 g/mol. The number of benzene rings is 1. The molecule has 0 nitrogen and oxygen atoms in total. The van der Waals surface area contributed by atoms with Gasteiger partial charge in [-0.3, -0.25) is 0 Å². The standard InChI is InChI=1S/C12H12P/c1-12(6-7-12)11-8-9-4-2-3-5-10(9)13-11/h2-5,8H,6-7H2,1H3. The Hall–Kier alpha value is -0.610. The molecule has 1 fully saturated rings. The fourth-order valence-corrected chi connectivity index (χ4v) is 3.16. The van der Waals surface area contributed by atoms with Crippen molar-refractivity contribution in [3.05, 3.63) is 35.1 Å². The molecule has 1 aliphatic heterocycles. The molecule has 2 aliphatic rings. The van der Waals surface area contributed by atoms with E-state index in [1.807, 2.05) is 0 Å². The highest BCUT2D eigenvalue weighted by Crippen LogP contribution is 2.59. The van der Waals surface area contributed by atoms with Crippen molar-refractivity contribution in [1.82, 2.24) is 0 Å². The molecule has 3 rings (SSSR count). The van der Waals surface area contributed by atoms with Crippen molar-refractivity contribution in [2.75, 3.05) is 0 Å². The van der Waals surface area contributed by atoms with Crippen LogP contribution in [0.3, 0.4) is 0 Å². The first-order valence-electron chi connectivity index (χ1n) is 4.81. The van der Waals surface area contributed by atoms with Gasteiger partial charge < -0.3 is 0 Å². The summed E-state index contributed by atoms with van der Waals surface area (Å²) in [4.78, 5) is 0. The molecule has 1 aromatic carbocycles.